The van der Waals surface area contributed by atoms with Gasteiger partial charge in [0.1, 0.15) is 0 Å². The van der Waals surface area contributed by atoms with Crippen LogP contribution >= 0.6 is 0 Å². The zero-order chi connectivity index (χ0) is 25.6. The molecule has 0 unspecified atom stereocenters. The molecule has 0 heterocycles. The molecule has 0 saturated carbocycles. The second kappa shape index (κ2) is 11.2. The lowest BCUT2D eigenvalue weighted by Crippen LogP contribution is -2.10. The van der Waals surface area contributed by atoms with Gasteiger partial charge in [0.15, 0.2) is 0 Å². The Morgan fingerprint density at radius 2 is 0.605 bits per heavy atom. The molecule has 0 heteroatoms. The van der Waals surface area contributed by atoms with Crippen LogP contribution in [0.1, 0.15) is 45.2 Å². The first-order valence-corrected chi connectivity index (χ1v) is 13.3. The molecule has 2 aliphatic carbocycles. The van der Waals surface area contributed by atoms with Crippen molar-refractivity contribution in [2.45, 2.75) is 11.8 Å². The number of hydrogen-bond acceptors (Lipinski definition) is 0. The lowest BCUT2D eigenvalue weighted by Gasteiger charge is -2.29. The molecule has 0 radical (unpaired) electrons. The van der Waals surface area contributed by atoms with Gasteiger partial charge < -0.3 is 0 Å². The lowest BCUT2D eigenvalue weighted by atomic mass is 9.75. The standard InChI is InChI=1S/C19H14.C19H16/c1-3-7-14(8-4-1)19(15-9-5-2-6-10-15)18-13-16-11-12-17(16)18;1-4-10-16(11-5-1)19(17-12-6-2-7-13-17)18-14-8-3-9-15-18/h1-13,19H;1-15,19H. The number of benzene rings is 6. The normalized spacial score (nSPS) is 11.1. The second-order valence-corrected chi connectivity index (χ2v) is 9.72. The summed E-state index contributed by atoms with van der Waals surface area (Å²) in [6.45, 7) is 0. The van der Waals surface area contributed by atoms with E-state index in [0.717, 1.165) is 0 Å². The Hall–Kier alpha value is -4.68. The van der Waals surface area contributed by atoms with Crippen LogP contribution in [0.25, 0.3) is 11.1 Å². The summed E-state index contributed by atoms with van der Waals surface area (Å²) in [5, 5.41) is 0. The predicted molar refractivity (Wildman–Crippen MR) is 160 cm³/mol. The molecule has 0 spiro atoms. The van der Waals surface area contributed by atoms with Crippen molar-refractivity contribution in [3.05, 3.63) is 203 Å². The highest BCUT2D eigenvalue weighted by Gasteiger charge is 2.26. The molecule has 0 bridgehead atoms. The Morgan fingerprint density at radius 1 is 0.289 bits per heavy atom. The summed E-state index contributed by atoms with van der Waals surface area (Å²) in [5.41, 5.74) is 11.0. The average molecular weight is 487 g/mol. The first kappa shape index (κ1) is 23.7. The fourth-order valence-electron chi connectivity index (χ4n) is 5.41. The van der Waals surface area contributed by atoms with Gasteiger partial charge in [-0.25, -0.2) is 0 Å². The highest BCUT2D eigenvalue weighted by Crippen LogP contribution is 2.45. The van der Waals surface area contributed by atoms with E-state index >= 15 is 0 Å². The van der Waals surface area contributed by atoms with Crippen molar-refractivity contribution in [1.82, 2.24) is 0 Å². The van der Waals surface area contributed by atoms with Crippen molar-refractivity contribution in [2.75, 3.05) is 0 Å². The molecule has 38 heavy (non-hydrogen) atoms. The predicted octanol–water partition coefficient (Wildman–Crippen LogP) is 9.71. The molecule has 5 aromatic carbocycles. The summed E-state index contributed by atoms with van der Waals surface area (Å²) in [6.07, 6.45) is 0. The van der Waals surface area contributed by atoms with Gasteiger partial charge in [0.05, 0.1) is 0 Å². The fourth-order valence-corrected chi connectivity index (χ4v) is 5.41. The monoisotopic (exact) mass is 486 g/mol. The largest absolute Gasteiger partial charge is 0.0622 e. The summed E-state index contributed by atoms with van der Waals surface area (Å²) in [5.74, 6) is 0.676. The van der Waals surface area contributed by atoms with E-state index in [1.165, 1.54) is 44.5 Å². The molecule has 5 aromatic rings. The molecule has 0 aliphatic heterocycles. The minimum absolute atomic E-state index is 0.309. The first-order chi connectivity index (χ1) is 18.9. The van der Waals surface area contributed by atoms with E-state index in [2.05, 4.69) is 170 Å². The van der Waals surface area contributed by atoms with Gasteiger partial charge in [0.2, 0.25) is 0 Å². The highest BCUT2D eigenvalue weighted by atomic mass is 14.3. The van der Waals surface area contributed by atoms with Gasteiger partial charge in [-0.1, -0.05) is 164 Å². The van der Waals surface area contributed by atoms with Gasteiger partial charge in [0.25, 0.3) is 0 Å². The van der Waals surface area contributed by atoms with Crippen molar-refractivity contribution >= 4 is 0 Å². The molecule has 0 nitrogen and oxygen atoms in total. The van der Waals surface area contributed by atoms with Crippen LogP contribution in [0.5, 0.6) is 0 Å². The maximum absolute atomic E-state index is 2.32. The molecule has 0 atom stereocenters. The van der Waals surface area contributed by atoms with E-state index < -0.39 is 0 Å². The SMILES string of the molecule is c1ccc(C(c2ccccc2)c2cc3ccc2-3)cc1.c1ccc(C(c2ccccc2)c2ccccc2)cc1. The van der Waals surface area contributed by atoms with Crippen LogP contribution in [0.3, 0.4) is 0 Å². The Labute approximate surface area is 225 Å². The van der Waals surface area contributed by atoms with Gasteiger partial charge in [-0.15, -0.1) is 0 Å². The minimum atomic E-state index is 0.309. The molecule has 0 fully saturated rings. The molecule has 2 aliphatic rings. The topological polar surface area (TPSA) is 0 Å². The van der Waals surface area contributed by atoms with Crippen LogP contribution < -0.4 is 0 Å². The quantitative estimate of drug-likeness (QED) is 0.205. The zero-order valence-corrected chi connectivity index (χ0v) is 21.3. The number of rotatable bonds is 6. The number of hydrogen-bond donors (Lipinski definition) is 0. The molecular weight excluding hydrogens is 456 g/mol. The van der Waals surface area contributed by atoms with E-state index in [-0.39, 0.29) is 0 Å². The van der Waals surface area contributed by atoms with Crippen LogP contribution in [0, 0.1) is 0 Å². The first-order valence-electron chi connectivity index (χ1n) is 13.3. The van der Waals surface area contributed by atoms with Gasteiger partial charge >= 0.3 is 0 Å². The Morgan fingerprint density at radius 3 is 0.842 bits per heavy atom. The minimum Gasteiger partial charge on any atom is -0.0622 e. The third-order valence-electron chi connectivity index (χ3n) is 7.34. The molecule has 0 aromatic heterocycles. The molecule has 182 valence electrons. The zero-order valence-electron chi connectivity index (χ0n) is 21.3. The second-order valence-electron chi connectivity index (χ2n) is 9.72. The summed E-state index contributed by atoms with van der Waals surface area (Å²) in [6, 6.07) is 60.3. The lowest BCUT2D eigenvalue weighted by molar-refractivity contribution is 0.967. The van der Waals surface area contributed by atoms with E-state index in [1.807, 2.05) is 0 Å². The molecule has 0 amide bonds. The van der Waals surface area contributed by atoms with Crippen molar-refractivity contribution in [1.29, 1.82) is 0 Å². The van der Waals surface area contributed by atoms with Crippen molar-refractivity contribution in [3.8, 4) is 11.1 Å². The van der Waals surface area contributed by atoms with Crippen LogP contribution in [0.4, 0.5) is 0 Å². The van der Waals surface area contributed by atoms with Gasteiger partial charge in [-0.05, 0) is 50.6 Å². The fraction of sp³-hybridized carbons (Fsp3) is 0.0526. The number of fused-ring (bicyclic) bond motifs is 1. The highest BCUT2D eigenvalue weighted by molar-refractivity contribution is 5.83. The van der Waals surface area contributed by atoms with E-state index in [1.54, 1.807) is 0 Å². The maximum atomic E-state index is 2.32. The summed E-state index contributed by atoms with van der Waals surface area (Å²) in [7, 11) is 0. The third kappa shape index (κ3) is 4.94. The van der Waals surface area contributed by atoms with E-state index in [9.17, 15) is 0 Å². The summed E-state index contributed by atoms with van der Waals surface area (Å²) >= 11 is 0. The van der Waals surface area contributed by atoms with E-state index in [0.29, 0.717) is 11.8 Å². The molecular formula is C38H30. The summed E-state index contributed by atoms with van der Waals surface area (Å²) in [4.78, 5) is 0. The summed E-state index contributed by atoms with van der Waals surface area (Å²) < 4.78 is 0. The molecule has 7 rings (SSSR count). The van der Waals surface area contributed by atoms with Crippen molar-refractivity contribution in [2.24, 2.45) is 0 Å². The van der Waals surface area contributed by atoms with Crippen LogP contribution in [0.15, 0.2) is 170 Å². The van der Waals surface area contributed by atoms with Gasteiger partial charge in [0, 0.05) is 11.8 Å². The van der Waals surface area contributed by atoms with Crippen LogP contribution in [-0.2, 0) is 0 Å². The van der Waals surface area contributed by atoms with Crippen molar-refractivity contribution in [3.63, 3.8) is 0 Å². The average Bonchev–Trinajstić information content (AvgIpc) is 2.99. The Balaban J connectivity index is 0.000000139. The Bertz CT molecular complexity index is 1330. The van der Waals surface area contributed by atoms with E-state index in [4.69, 9.17) is 0 Å². The van der Waals surface area contributed by atoms with Gasteiger partial charge in [-0.3, -0.25) is 0 Å². The smallest absolute Gasteiger partial charge is 0.0346 e. The Kier molecular flexibility index (Phi) is 6.96. The maximum Gasteiger partial charge on any atom is 0.0346 e. The molecule has 0 N–H and O–H groups in total. The van der Waals surface area contributed by atoms with Crippen LogP contribution in [-0.4, -0.2) is 0 Å². The van der Waals surface area contributed by atoms with Gasteiger partial charge in [-0.2, -0.15) is 0 Å². The third-order valence-corrected chi connectivity index (χ3v) is 7.34. The van der Waals surface area contributed by atoms with Crippen molar-refractivity contribution < 1.29 is 0 Å². The molecule has 0 saturated heterocycles. The van der Waals surface area contributed by atoms with Crippen LogP contribution in [0.2, 0.25) is 0 Å².